The minimum Gasteiger partial charge on any atom is -0.326 e. The molecule has 1 aromatic heterocycles. The minimum atomic E-state index is -3.28. The topological polar surface area (TPSA) is 109 Å². The number of benzene rings is 2. The van der Waals surface area contributed by atoms with Gasteiger partial charge in [0.2, 0.25) is 5.91 Å². The van der Waals surface area contributed by atoms with Crippen LogP contribution in [0, 0.1) is 0 Å². The van der Waals surface area contributed by atoms with Crippen molar-refractivity contribution in [2.24, 2.45) is 0 Å². The first-order chi connectivity index (χ1) is 11.8. The highest BCUT2D eigenvalue weighted by Crippen LogP contribution is 2.16. The maximum absolute atomic E-state index is 12.2. The number of sulfone groups is 1. The fraction of sp³-hybridized carbons (Fsp3) is 0.118. The van der Waals surface area contributed by atoms with Crippen molar-refractivity contribution in [1.82, 2.24) is 10.2 Å². The summed E-state index contributed by atoms with van der Waals surface area (Å²) in [4.78, 5) is 24.2. The van der Waals surface area contributed by atoms with Crippen LogP contribution in [0.2, 0.25) is 0 Å². The van der Waals surface area contributed by atoms with E-state index >= 15 is 0 Å². The van der Waals surface area contributed by atoms with E-state index in [1.165, 1.54) is 24.3 Å². The Bertz CT molecular complexity index is 1100. The number of aromatic nitrogens is 2. The molecule has 0 saturated heterocycles. The van der Waals surface area contributed by atoms with Crippen LogP contribution in [0.4, 0.5) is 5.69 Å². The zero-order valence-electron chi connectivity index (χ0n) is 13.3. The van der Waals surface area contributed by atoms with Crippen LogP contribution in [-0.2, 0) is 21.1 Å². The minimum absolute atomic E-state index is 0.0227. The number of nitrogens with one attached hydrogen (secondary N) is 2. The Kier molecular flexibility index (Phi) is 4.37. The molecule has 0 aliphatic heterocycles. The highest BCUT2D eigenvalue weighted by Gasteiger charge is 2.12. The standard InChI is InChI=1S/C17H15N3O4S/c1-25(23,24)12-8-6-11(7-9-12)18-16(21)10-15-13-4-2-3-5-14(13)17(22)20-19-15/h2-9H,10H2,1H3,(H,18,21)(H,20,22). The highest BCUT2D eigenvalue weighted by molar-refractivity contribution is 7.90. The lowest BCUT2D eigenvalue weighted by Crippen LogP contribution is -2.18. The summed E-state index contributed by atoms with van der Waals surface area (Å²) >= 11 is 0. The van der Waals surface area contributed by atoms with Crippen LogP contribution in [0.1, 0.15) is 5.69 Å². The second-order valence-corrected chi connectivity index (χ2v) is 7.58. The molecule has 0 bridgehead atoms. The molecule has 0 fully saturated rings. The number of hydrogen-bond acceptors (Lipinski definition) is 5. The van der Waals surface area contributed by atoms with Gasteiger partial charge >= 0.3 is 0 Å². The molecule has 2 aromatic carbocycles. The molecule has 1 heterocycles. The van der Waals surface area contributed by atoms with Gasteiger partial charge in [0.25, 0.3) is 5.56 Å². The summed E-state index contributed by atoms with van der Waals surface area (Å²) in [7, 11) is -3.28. The number of amides is 1. The van der Waals surface area contributed by atoms with Crippen molar-refractivity contribution in [3.05, 3.63) is 64.6 Å². The molecule has 0 unspecified atom stereocenters. The zero-order chi connectivity index (χ0) is 18.0. The molecule has 25 heavy (non-hydrogen) atoms. The molecule has 3 aromatic rings. The molecule has 1 amide bonds. The van der Waals surface area contributed by atoms with Crippen LogP contribution in [-0.4, -0.2) is 30.8 Å². The van der Waals surface area contributed by atoms with Crippen molar-refractivity contribution in [3.63, 3.8) is 0 Å². The Morgan fingerprint density at radius 1 is 1.08 bits per heavy atom. The largest absolute Gasteiger partial charge is 0.326 e. The molecule has 128 valence electrons. The number of anilines is 1. The third kappa shape index (κ3) is 3.74. The van der Waals surface area contributed by atoms with Gasteiger partial charge in [-0.2, -0.15) is 5.10 Å². The van der Waals surface area contributed by atoms with Gasteiger partial charge in [0.15, 0.2) is 9.84 Å². The van der Waals surface area contributed by atoms with Crippen molar-refractivity contribution in [2.45, 2.75) is 11.3 Å². The molecular weight excluding hydrogens is 342 g/mol. The third-order valence-electron chi connectivity index (χ3n) is 3.67. The molecule has 0 spiro atoms. The first kappa shape index (κ1) is 16.8. The lowest BCUT2D eigenvalue weighted by Gasteiger charge is -2.07. The summed E-state index contributed by atoms with van der Waals surface area (Å²) in [6.07, 6.45) is 1.10. The van der Waals surface area contributed by atoms with Crippen molar-refractivity contribution in [3.8, 4) is 0 Å². The molecule has 0 aliphatic carbocycles. The van der Waals surface area contributed by atoms with E-state index in [1.54, 1.807) is 24.3 Å². The molecular formula is C17H15N3O4S. The molecule has 0 atom stereocenters. The fourth-order valence-electron chi connectivity index (χ4n) is 2.45. The zero-order valence-corrected chi connectivity index (χ0v) is 14.1. The van der Waals surface area contributed by atoms with Crippen molar-refractivity contribution in [2.75, 3.05) is 11.6 Å². The summed E-state index contributed by atoms with van der Waals surface area (Å²) in [6, 6.07) is 12.8. The number of carbonyl (C=O) groups is 1. The third-order valence-corrected chi connectivity index (χ3v) is 4.80. The second kappa shape index (κ2) is 6.48. The van der Waals surface area contributed by atoms with E-state index < -0.39 is 9.84 Å². The monoisotopic (exact) mass is 357 g/mol. The van der Waals surface area contributed by atoms with Crippen LogP contribution in [0.25, 0.3) is 10.8 Å². The summed E-state index contributed by atoms with van der Waals surface area (Å²) in [5.41, 5.74) is 0.628. The van der Waals surface area contributed by atoms with Gasteiger partial charge in [-0.25, -0.2) is 13.5 Å². The molecule has 8 heteroatoms. The summed E-state index contributed by atoms with van der Waals surface area (Å²) < 4.78 is 22.9. The van der Waals surface area contributed by atoms with E-state index in [1.807, 2.05) is 0 Å². The fourth-order valence-corrected chi connectivity index (χ4v) is 3.08. The lowest BCUT2D eigenvalue weighted by molar-refractivity contribution is -0.115. The van der Waals surface area contributed by atoms with Gasteiger partial charge in [-0.15, -0.1) is 0 Å². The SMILES string of the molecule is CS(=O)(=O)c1ccc(NC(=O)Cc2n[nH]c(=O)c3ccccc23)cc1. The van der Waals surface area contributed by atoms with Gasteiger partial charge in [-0.3, -0.25) is 9.59 Å². The average Bonchev–Trinajstić information content (AvgIpc) is 2.57. The van der Waals surface area contributed by atoms with Gasteiger partial charge < -0.3 is 5.32 Å². The Labute approximate surface area is 143 Å². The highest BCUT2D eigenvalue weighted by atomic mass is 32.2. The Balaban J connectivity index is 1.80. The van der Waals surface area contributed by atoms with E-state index in [2.05, 4.69) is 15.5 Å². The van der Waals surface area contributed by atoms with E-state index in [-0.39, 0.29) is 22.8 Å². The first-order valence-corrected chi connectivity index (χ1v) is 9.30. The second-order valence-electron chi connectivity index (χ2n) is 5.57. The van der Waals surface area contributed by atoms with E-state index in [4.69, 9.17) is 0 Å². The van der Waals surface area contributed by atoms with Gasteiger partial charge in [-0.1, -0.05) is 18.2 Å². The van der Waals surface area contributed by atoms with Crippen molar-refractivity contribution in [1.29, 1.82) is 0 Å². The predicted molar refractivity (Wildman–Crippen MR) is 94.2 cm³/mol. The predicted octanol–water partition coefficient (Wildman–Crippen LogP) is 1.51. The maximum atomic E-state index is 12.2. The summed E-state index contributed by atoms with van der Waals surface area (Å²) in [5, 5.41) is 10.1. The van der Waals surface area contributed by atoms with E-state index in [9.17, 15) is 18.0 Å². The lowest BCUT2D eigenvalue weighted by atomic mass is 10.1. The van der Waals surface area contributed by atoms with E-state index in [0.29, 0.717) is 22.2 Å². The Morgan fingerprint density at radius 2 is 1.72 bits per heavy atom. The maximum Gasteiger partial charge on any atom is 0.272 e. The molecule has 3 rings (SSSR count). The smallest absolute Gasteiger partial charge is 0.272 e. The number of aromatic amines is 1. The number of rotatable bonds is 4. The van der Waals surface area contributed by atoms with Crippen LogP contribution >= 0.6 is 0 Å². The number of carbonyl (C=O) groups excluding carboxylic acids is 1. The molecule has 7 nitrogen and oxygen atoms in total. The van der Waals surface area contributed by atoms with Gasteiger partial charge in [-0.05, 0) is 30.3 Å². The van der Waals surface area contributed by atoms with Crippen LogP contribution < -0.4 is 10.9 Å². The number of fused-ring (bicyclic) bond motifs is 1. The molecule has 0 radical (unpaired) electrons. The van der Waals surface area contributed by atoms with Gasteiger partial charge in [0.1, 0.15) is 0 Å². The van der Waals surface area contributed by atoms with Crippen LogP contribution in [0.3, 0.4) is 0 Å². The number of hydrogen-bond donors (Lipinski definition) is 2. The Morgan fingerprint density at radius 3 is 2.36 bits per heavy atom. The number of nitrogens with zero attached hydrogens (tertiary/aromatic N) is 1. The van der Waals surface area contributed by atoms with Crippen LogP contribution in [0.5, 0.6) is 0 Å². The van der Waals surface area contributed by atoms with Gasteiger partial charge in [0.05, 0.1) is 22.4 Å². The summed E-state index contributed by atoms with van der Waals surface area (Å²) in [5.74, 6) is -0.322. The normalized spacial score (nSPS) is 11.4. The molecule has 0 aliphatic rings. The van der Waals surface area contributed by atoms with Crippen LogP contribution in [0.15, 0.2) is 58.2 Å². The Hall–Kier alpha value is -3.00. The van der Waals surface area contributed by atoms with E-state index in [0.717, 1.165) is 6.26 Å². The quantitative estimate of drug-likeness (QED) is 0.735. The van der Waals surface area contributed by atoms with Crippen molar-refractivity contribution >= 4 is 32.2 Å². The molecule has 0 saturated carbocycles. The average molecular weight is 357 g/mol. The molecule has 2 N–H and O–H groups in total. The first-order valence-electron chi connectivity index (χ1n) is 7.41. The number of H-pyrrole nitrogens is 1. The van der Waals surface area contributed by atoms with Gasteiger partial charge in [0, 0.05) is 17.3 Å². The van der Waals surface area contributed by atoms with Crippen molar-refractivity contribution < 1.29 is 13.2 Å². The summed E-state index contributed by atoms with van der Waals surface area (Å²) in [6.45, 7) is 0.